The van der Waals surface area contributed by atoms with Crippen molar-refractivity contribution in [1.29, 1.82) is 0 Å². The molecular weight excluding hydrogens is 400 g/mol. The minimum atomic E-state index is -0.107. The molecule has 32 heavy (non-hydrogen) atoms. The predicted octanol–water partition coefficient (Wildman–Crippen LogP) is 4.07. The second-order valence-corrected chi connectivity index (χ2v) is 9.22. The van der Waals surface area contributed by atoms with E-state index in [1.807, 2.05) is 6.20 Å². The van der Waals surface area contributed by atoms with E-state index in [0.717, 1.165) is 36.2 Å². The van der Waals surface area contributed by atoms with Crippen LogP contribution < -0.4 is 11.1 Å². The highest BCUT2D eigenvalue weighted by molar-refractivity contribution is 6.16. The van der Waals surface area contributed by atoms with Crippen LogP contribution in [-0.2, 0) is 12.1 Å². The smallest absolute Gasteiger partial charge is 0.224 e. The van der Waals surface area contributed by atoms with E-state index < -0.39 is 0 Å². The molecule has 0 atom stereocenters. The molecule has 3 aromatic heterocycles. The molecule has 4 aromatic rings. The molecule has 3 saturated carbocycles. The van der Waals surface area contributed by atoms with E-state index in [-0.39, 0.29) is 11.3 Å². The number of nitrogen functional groups attached to an aromatic ring is 1. The van der Waals surface area contributed by atoms with Crippen molar-refractivity contribution in [2.24, 2.45) is 5.92 Å². The third-order valence-corrected chi connectivity index (χ3v) is 6.90. The first-order chi connectivity index (χ1) is 15.5. The lowest BCUT2D eigenvalue weighted by Gasteiger charge is -2.62. The molecule has 7 rings (SSSR count). The third kappa shape index (κ3) is 2.96. The topological polar surface area (TPSA) is 98.7 Å². The molecule has 1 aromatic carbocycles. The minimum absolute atomic E-state index is 0.0952. The summed E-state index contributed by atoms with van der Waals surface area (Å²) in [5, 5.41) is 4.10. The number of carbonyl (C=O) groups is 1. The summed E-state index contributed by atoms with van der Waals surface area (Å²) in [6, 6.07) is 10.1. The fourth-order valence-electron chi connectivity index (χ4n) is 4.99. The van der Waals surface area contributed by atoms with Crippen LogP contribution >= 0.6 is 0 Å². The Balaban J connectivity index is 1.38. The molecular formula is C25H24N6O. The van der Waals surface area contributed by atoms with Crippen molar-refractivity contribution >= 4 is 28.5 Å². The summed E-state index contributed by atoms with van der Waals surface area (Å²) in [5.41, 5.74) is 10.7. The molecule has 3 aliphatic rings. The predicted molar refractivity (Wildman–Crippen MR) is 123 cm³/mol. The molecule has 160 valence electrons. The Labute approximate surface area is 185 Å². The molecule has 7 heteroatoms. The average molecular weight is 425 g/mol. The van der Waals surface area contributed by atoms with Gasteiger partial charge < -0.3 is 15.6 Å². The summed E-state index contributed by atoms with van der Waals surface area (Å²) >= 11 is 0. The van der Waals surface area contributed by atoms with Crippen LogP contribution in [0, 0.1) is 12.8 Å². The van der Waals surface area contributed by atoms with Crippen LogP contribution in [0.2, 0.25) is 0 Å². The Hall–Kier alpha value is -3.74. The van der Waals surface area contributed by atoms with Crippen LogP contribution in [0.1, 0.15) is 46.3 Å². The maximum Gasteiger partial charge on any atom is 0.224 e. The number of benzene rings is 1. The third-order valence-electron chi connectivity index (χ3n) is 6.90. The highest BCUT2D eigenvalue weighted by Crippen LogP contribution is 2.63. The highest BCUT2D eigenvalue weighted by Gasteiger charge is 2.58. The lowest BCUT2D eigenvalue weighted by Crippen LogP contribution is -2.59. The summed E-state index contributed by atoms with van der Waals surface area (Å²) in [7, 11) is 0. The largest absolute Gasteiger partial charge is 0.397 e. The van der Waals surface area contributed by atoms with Gasteiger partial charge in [-0.1, -0.05) is 29.8 Å². The first-order valence-corrected chi connectivity index (χ1v) is 10.9. The molecule has 3 N–H and O–H groups in total. The average Bonchev–Trinajstić information content (AvgIpc) is 3.09. The van der Waals surface area contributed by atoms with Crippen molar-refractivity contribution < 1.29 is 4.79 Å². The van der Waals surface area contributed by atoms with E-state index in [1.165, 1.54) is 17.3 Å². The molecule has 0 saturated heterocycles. The number of aromatic nitrogens is 4. The highest BCUT2D eigenvalue weighted by atomic mass is 16.1. The summed E-state index contributed by atoms with van der Waals surface area (Å²) in [4.78, 5) is 26.8. The van der Waals surface area contributed by atoms with Gasteiger partial charge in [0.2, 0.25) is 5.95 Å². The van der Waals surface area contributed by atoms with Gasteiger partial charge in [-0.2, -0.15) is 4.98 Å². The SMILES string of the molecule is Cc1ccc(CNc2ncc3c(C(=O)c4cncc(N)c4)cn(C45CC(C4)C5)c3n2)cc1. The quantitative estimate of drug-likeness (QED) is 0.453. The van der Waals surface area contributed by atoms with E-state index in [1.54, 1.807) is 18.5 Å². The number of hydrogen-bond donors (Lipinski definition) is 2. The van der Waals surface area contributed by atoms with Crippen LogP contribution in [0.25, 0.3) is 11.0 Å². The van der Waals surface area contributed by atoms with Gasteiger partial charge in [0.05, 0.1) is 11.3 Å². The van der Waals surface area contributed by atoms with Gasteiger partial charge in [-0.3, -0.25) is 9.78 Å². The number of hydrogen-bond acceptors (Lipinski definition) is 6. The van der Waals surface area contributed by atoms with E-state index >= 15 is 0 Å². The number of pyridine rings is 1. The lowest BCUT2D eigenvalue weighted by molar-refractivity contribution is -0.0859. The maximum atomic E-state index is 13.3. The standard InChI is InChI=1S/C25H24N6O/c1-15-2-4-16(5-3-15)10-28-24-29-13-20-21(22(32)18-6-19(26)12-27-11-18)14-31(23(20)30-24)25-7-17(8-25)9-25/h2-6,11-14,17H,7-10,26H2,1H3,(H,28,29,30). The van der Waals surface area contributed by atoms with Crippen molar-refractivity contribution in [3.05, 3.63) is 77.4 Å². The second kappa shape index (κ2) is 6.88. The van der Waals surface area contributed by atoms with Gasteiger partial charge >= 0.3 is 0 Å². The number of rotatable bonds is 6. The van der Waals surface area contributed by atoms with Crippen molar-refractivity contribution in [3.8, 4) is 0 Å². The number of carbonyl (C=O) groups excluding carboxylic acids is 1. The fraction of sp³-hybridized carbons (Fsp3) is 0.280. The van der Waals surface area contributed by atoms with Crippen LogP contribution in [0.3, 0.4) is 0 Å². The Bertz CT molecular complexity index is 1340. The Morgan fingerprint density at radius 2 is 1.97 bits per heavy atom. The van der Waals surface area contributed by atoms with Gasteiger partial charge in [0.15, 0.2) is 5.78 Å². The van der Waals surface area contributed by atoms with Gasteiger partial charge in [0.25, 0.3) is 0 Å². The molecule has 0 amide bonds. The molecule has 0 aliphatic heterocycles. The van der Waals surface area contributed by atoms with E-state index in [2.05, 4.69) is 51.0 Å². The molecule has 3 aliphatic carbocycles. The molecule has 0 unspecified atom stereocenters. The number of fused-ring (bicyclic) bond motifs is 1. The molecule has 2 bridgehead atoms. The number of nitrogens with one attached hydrogen (secondary N) is 1. The van der Waals surface area contributed by atoms with Gasteiger partial charge in [-0.05, 0) is 43.7 Å². The zero-order chi connectivity index (χ0) is 21.9. The second-order valence-electron chi connectivity index (χ2n) is 9.22. The summed E-state index contributed by atoms with van der Waals surface area (Å²) in [6.07, 6.45) is 10.3. The van der Waals surface area contributed by atoms with Crippen LogP contribution in [0.4, 0.5) is 11.6 Å². The zero-order valence-electron chi connectivity index (χ0n) is 17.9. The van der Waals surface area contributed by atoms with Crippen LogP contribution in [0.15, 0.2) is 55.1 Å². The van der Waals surface area contributed by atoms with Crippen molar-refractivity contribution in [1.82, 2.24) is 19.5 Å². The number of ketones is 1. The summed E-state index contributed by atoms with van der Waals surface area (Å²) < 4.78 is 2.22. The van der Waals surface area contributed by atoms with E-state index in [9.17, 15) is 4.79 Å². The number of nitrogens with two attached hydrogens (primary N) is 1. The molecule has 7 nitrogen and oxygen atoms in total. The Kier molecular flexibility index (Phi) is 4.08. The summed E-state index contributed by atoms with van der Waals surface area (Å²) in [6.45, 7) is 2.71. The van der Waals surface area contributed by atoms with Gasteiger partial charge in [0.1, 0.15) is 5.65 Å². The molecule has 3 fully saturated rings. The minimum Gasteiger partial charge on any atom is -0.397 e. The normalized spacial score (nSPS) is 21.1. The Morgan fingerprint density at radius 3 is 2.66 bits per heavy atom. The molecule has 3 heterocycles. The Morgan fingerprint density at radius 1 is 1.19 bits per heavy atom. The van der Waals surface area contributed by atoms with Gasteiger partial charge in [-0.25, -0.2) is 4.98 Å². The number of aryl methyl sites for hydroxylation is 1. The first-order valence-electron chi connectivity index (χ1n) is 10.9. The zero-order valence-corrected chi connectivity index (χ0v) is 17.9. The maximum absolute atomic E-state index is 13.3. The van der Waals surface area contributed by atoms with Gasteiger partial charge in [0, 0.05) is 47.8 Å². The lowest BCUT2D eigenvalue weighted by atomic mass is 9.49. The molecule has 0 radical (unpaired) electrons. The number of anilines is 2. The van der Waals surface area contributed by atoms with Crippen molar-refractivity contribution in [2.75, 3.05) is 11.1 Å². The first kappa shape index (κ1) is 19.0. The van der Waals surface area contributed by atoms with Crippen LogP contribution in [0.5, 0.6) is 0 Å². The van der Waals surface area contributed by atoms with Crippen molar-refractivity contribution in [2.45, 2.75) is 38.3 Å². The summed E-state index contributed by atoms with van der Waals surface area (Å²) in [5.74, 6) is 1.27. The number of nitrogens with zero attached hydrogens (tertiary/aromatic N) is 4. The monoisotopic (exact) mass is 424 g/mol. The molecule has 0 spiro atoms. The fourth-order valence-corrected chi connectivity index (χ4v) is 4.99. The van der Waals surface area contributed by atoms with Crippen molar-refractivity contribution in [3.63, 3.8) is 0 Å². The van der Waals surface area contributed by atoms with Gasteiger partial charge in [-0.15, -0.1) is 0 Å². The van der Waals surface area contributed by atoms with E-state index in [0.29, 0.717) is 29.3 Å². The van der Waals surface area contributed by atoms with Crippen LogP contribution in [-0.4, -0.2) is 25.3 Å². The van der Waals surface area contributed by atoms with E-state index in [4.69, 9.17) is 10.7 Å².